The minimum atomic E-state index is -0.269. The number of hydrogen-bond acceptors (Lipinski definition) is 5. The first-order valence-corrected chi connectivity index (χ1v) is 12.0. The maximum Gasteiger partial charge on any atom is 0.282 e. The van der Waals surface area contributed by atoms with E-state index >= 15 is 0 Å². The van der Waals surface area contributed by atoms with Gasteiger partial charge in [-0.05, 0) is 57.0 Å². The Morgan fingerprint density at radius 1 is 1.09 bits per heavy atom. The standard InChI is InChI=1S/C26H19Br2N3O3/c1-3-14-34-24-21(33-4-2)15-18(22(27)23(24)28)16-29-31-25(17-10-6-5-7-11-17)30-20-13-9-8-12-19(20)26(31)32/h1,5-13,15-16H,4,14H2,2H3. The smallest absolute Gasteiger partial charge is 0.282 e. The van der Waals surface area contributed by atoms with Gasteiger partial charge in [-0.1, -0.05) is 48.4 Å². The zero-order valence-corrected chi connectivity index (χ0v) is 21.3. The second-order valence-corrected chi connectivity index (χ2v) is 8.61. The minimum absolute atomic E-state index is 0.0944. The highest BCUT2D eigenvalue weighted by Gasteiger charge is 2.17. The van der Waals surface area contributed by atoms with Crippen molar-refractivity contribution in [2.24, 2.45) is 5.10 Å². The van der Waals surface area contributed by atoms with Crippen LogP contribution in [0.4, 0.5) is 0 Å². The lowest BCUT2D eigenvalue weighted by atomic mass is 10.2. The van der Waals surface area contributed by atoms with E-state index in [-0.39, 0.29) is 12.2 Å². The summed E-state index contributed by atoms with van der Waals surface area (Å²) in [4.78, 5) is 18.1. The van der Waals surface area contributed by atoms with Crippen LogP contribution in [0.2, 0.25) is 0 Å². The van der Waals surface area contributed by atoms with Crippen LogP contribution in [0.25, 0.3) is 22.3 Å². The molecule has 0 spiro atoms. The molecule has 0 atom stereocenters. The maximum absolute atomic E-state index is 13.4. The lowest BCUT2D eigenvalue weighted by Gasteiger charge is -2.15. The molecule has 0 aliphatic rings. The molecule has 0 aliphatic heterocycles. The van der Waals surface area contributed by atoms with Gasteiger partial charge in [0.1, 0.15) is 6.61 Å². The molecule has 0 amide bonds. The van der Waals surface area contributed by atoms with E-state index in [1.807, 2.05) is 49.4 Å². The SMILES string of the molecule is C#CCOc1c(OCC)cc(C=Nn2c(-c3ccccc3)nc3ccccc3c2=O)c(Br)c1Br. The molecule has 0 fully saturated rings. The molecule has 0 unspecified atom stereocenters. The number of halogens is 2. The van der Waals surface area contributed by atoms with E-state index < -0.39 is 0 Å². The van der Waals surface area contributed by atoms with Gasteiger partial charge in [0.2, 0.25) is 0 Å². The number of aromatic nitrogens is 2. The number of fused-ring (bicyclic) bond motifs is 1. The van der Waals surface area contributed by atoms with Crippen LogP contribution in [-0.4, -0.2) is 29.1 Å². The van der Waals surface area contributed by atoms with Crippen LogP contribution in [0.15, 0.2) is 79.5 Å². The molecule has 3 aromatic carbocycles. The van der Waals surface area contributed by atoms with Gasteiger partial charge in [0.25, 0.3) is 5.56 Å². The second-order valence-electron chi connectivity index (χ2n) is 7.03. The van der Waals surface area contributed by atoms with E-state index in [0.717, 1.165) is 5.56 Å². The molecule has 4 rings (SSSR count). The zero-order chi connectivity index (χ0) is 24.1. The molecule has 170 valence electrons. The van der Waals surface area contributed by atoms with E-state index in [4.69, 9.17) is 20.9 Å². The fourth-order valence-electron chi connectivity index (χ4n) is 3.33. The normalized spacial score (nSPS) is 11.0. The van der Waals surface area contributed by atoms with Gasteiger partial charge in [-0.15, -0.1) is 6.42 Å². The Balaban J connectivity index is 1.88. The Morgan fingerprint density at radius 2 is 1.82 bits per heavy atom. The molecule has 1 aromatic heterocycles. The van der Waals surface area contributed by atoms with Crippen molar-refractivity contribution in [3.8, 4) is 35.2 Å². The number of terminal acetylenes is 1. The third-order valence-electron chi connectivity index (χ3n) is 4.85. The third kappa shape index (κ3) is 4.76. The summed E-state index contributed by atoms with van der Waals surface area (Å²) in [6, 6.07) is 18.4. The summed E-state index contributed by atoms with van der Waals surface area (Å²) in [7, 11) is 0. The van der Waals surface area contributed by atoms with Crippen molar-refractivity contribution in [3.05, 3.63) is 85.5 Å². The highest BCUT2D eigenvalue weighted by Crippen LogP contribution is 2.42. The van der Waals surface area contributed by atoms with E-state index in [0.29, 0.717) is 49.3 Å². The van der Waals surface area contributed by atoms with Gasteiger partial charge in [0, 0.05) is 15.6 Å². The molecule has 4 aromatic rings. The Morgan fingerprint density at radius 3 is 2.56 bits per heavy atom. The molecule has 6 nitrogen and oxygen atoms in total. The zero-order valence-electron chi connectivity index (χ0n) is 18.2. The quantitative estimate of drug-likeness (QED) is 0.202. The molecular formula is C26H19Br2N3O3. The second kappa shape index (κ2) is 10.7. The number of hydrogen-bond donors (Lipinski definition) is 0. The first kappa shape index (κ1) is 23.7. The molecule has 0 radical (unpaired) electrons. The van der Waals surface area contributed by atoms with Gasteiger partial charge < -0.3 is 9.47 Å². The molecule has 0 bridgehead atoms. The van der Waals surface area contributed by atoms with Crippen LogP contribution in [0.1, 0.15) is 12.5 Å². The molecule has 8 heteroatoms. The lowest BCUT2D eigenvalue weighted by Crippen LogP contribution is -2.20. The van der Waals surface area contributed by atoms with Crippen molar-refractivity contribution in [1.29, 1.82) is 0 Å². The summed E-state index contributed by atoms with van der Waals surface area (Å²) >= 11 is 7.12. The topological polar surface area (TPSA) is 65.7 Å². The molecule has 0 saturated heterocycles. The Labute approximate surface area is 213 Å². The van der Waals surface area contributed by atoms with Crippen LogP contribution in [0.5, 0.6) is 11.5 Å². The van der Waals surface area contributed by atoms with E-state index in [2.05, 4.69) is 42.9 Å². The summed E-state index contributed by atoms with van der Waals surface area (Å²) < 4.78 is 14.0. The van der Waals surface area contributed by atoms with E-state index in [1.165, 1.54) is 4.68 Å². The number of rotatable bonds is 7. The fraction of sp³-hybridized carbons (Fsp3) is 0.115. The van der Waals surface area contributed by atoms with Crippen molar-refractivity contribution in [1.82, 2.24) is 9.66 Å². The third-order valence-corrected chi connectivity index (χ3v) is 7.00. The van der Waals surface area contributed by atoms with Crippen molar-refractivity contribution >= 4 is 49.0 Å². The molecule has 34 heavy (non-hydrogen) atoms. The summed E-state index contributed by atoms with van der Waals surface area (Å²) in [5, 5.41) is 5.01. The largest absolute Gasteiger partial charge is 0.490 e. The Bertz CT molecular complexity index is 1480. The van der Waals surface area contributed by atoms with Crippen LogP contribution < -0.4 is 15.0 Å². The van der Waals surface area contributed by atoms with Gasteiger partial charge in [0.15, 0.2) is 17.3 Å². The molecular weight excluding hydrogens is 562 g/mol. The van der Waals surface area contributed by atoms with Crippen LogP contribution in [0.3, 0.4) is 0 Å². The predicted molar refractivity (Wildman–Crippen MR) is 142 cm³/mol. The number of ether oxygens (including phenoxy) is 2. The van der Waals surface area contributed by atoms with Crippen LogP contribution >= 0.6 is 31.9 Å². The molecule has 0 N–H and O–H groups in total. The van der Waals surface area contributed by atoms with Gasteiger partial charge in [0.05, 0.1) is 28.2 Å². The lowest BCUT2D eigenvalue weighted by molar-refractivity contribution is 0.297. The summed E-state index contributed by atoms with van der Waals surface area (Å²) in [6.45, 7) is 2.40. The molecule has 1 heterocycles. The number of benzene rings is 3. The van der Waals surface area contributed by atoms with Crippen molar-refractivity contribution < 1.29 is 9.47 Å². The summed E-state index contributed by atoms with van der Waals surface area (Å²) in [5.41, 5.74) is 1.78. The van der Waals surface area contributed by atoms with Gasteiger partial charge in [-0.25, -0.2) is 4.98 Å². The van der Waals surface area contributed by atoms with Crippen molar-refractivity contribution in [2.45, 2.75) is 6.92 Å². The van der Waals surface area contributed by atoms with Crippen molar-refractivity contribution in [2.75, 3.05) is 13.2 Å². The van der Waals surface area contributed by atoms with Crippen molar-refractivity contribution in [3.63, 3.8) is 0 Å². The fourth-order valence-corrected chi connectivity index (χ4v) is 4.27. The molecule has 0 saturated carbocycles. The highest BCUT2D eigenvalue weighted by atomic mass is 79.9. The minimum Gasteiger partial charge on any atom is -0.490 e. The number of nitrogens with zero attached hydrogens (tertiary/aromatic N) is 3. The summed E-state index contributed by atoms with van der Waals surface area (Å²) in [6.07, 6.45) is 6.92. The van der Waals surface area contributed by atoms with Gasteiger partial charge in [-0.2, -0.15) is 9.78 Å². The maximum atomic E-state index is 13.4. The Kier molecular flexibility index (Phi) is 7.46. The average Bonchev–Trinajstić information content (AvgIpc) is 2.86. The first-order chi connectivity index (χ1) is 16.5. The van der Waals surface area contributed by atoms with Gasteiger partial charge in [-0.3, -0.25) is 4.79 Å². The predicted octanol–water partition coefficient (Wildman–Crippen LogP) is 5.88. The molecule has 0 aliphatic carbocycles. The summed E-state index contributed by atoms with van der Waals surface area (Å²) in [5.74, 6) is 3.88. The Hall–Kier alpha value is -3.41. The first-order valence-electron chi connectivity index (χ1n) is 10.4. The van der Waals surface area contributed by atoms with E-state index in [1.54, 1.807) is 24.4 Å². The van der Waals surface area contributed by atoms with Crippen LogP contribution in [-0.2, 0) is 0 Å². The van der Waals surface area contributed by atoms with Crippen LogP contribution in [0, 0.1) is 12.3 Å². The average molecular weight is 581 g/mol. The van der Waals surface area contributed by atoms with E-state index in [9.17, 15) is 4.79 Å². The highest BCUT2D eigenvalue weighted by molar-refractivity contribution is 9.13. The van der Waals surface area contributed by atoms with Gasteiger partial charge >= 0.3 is 0 Å². The monoisotopic (exact) mass is 579 g/mol. The number of para-hydroxylation sites is 1.